The van der Waals surface area contributed by atoms with Crippen molar-refractivity contribution in [3.63, 3.8) is 0 Å². The number of carbonyl (C=O) groups excluding carboxylic acids is 2. The van der Waals surface area contributed by atoms with Gasteiger partial charge in [-0.3, -0.25) is 9.59 Å². The number of nitrogens with one attached hydrogen (secondary N) is 1. The highest BCUT2D eigenvalue weighted by atomic mass is 35.5. The first-order valence-corrected chi connectivity index (χ1v) is 9.20. The van der Waals surface area contributed by atoms with Crippen molar-refractivity contribution in [3.8, 4) is 6.07 Å². The third-order valence-corrected chi connectivity index (χ3v) is 5.68. The Labute approximate surface area is 162 Å². The van der Waals surface area contributed by atoms with Gasteiger partial charge < -0.3 is 5.32 Å². The standard InChI is InChI=1S/C21H18ClN3O2/c1-21(2)7-15(26)18(16(27)8-21)17-11-5-3-4-6-14(11)25-19-12(9-23)20(22)24-10-13(17)19/h3-6,10,17-18,25H,7-8H2,1-2H3. The Morgan fingerprint density at radius 3 is 2.48 bits per heavy atom. The number of ketones is 2. The van der Waals surface area contributed by atoms with E-state index in [4.69, 9.17) is 11.6 Å². The van der Waals surface area contributed by atoms with Crippen LogP contribution >= 0.6 is 11.6 Å². The maximum absolute atomic E-state index is 13.0. The molecule has 4 rings (SSSR count). The summed E-state index contributed by atoms with van der Waals surface area (Å²) in [5.41, 5.74) is 2.75. The molecule has 0 bridgehead atoms. The molecule has 0 saturated heterocycles. The number of hydrogen-bond donors (Lipinski definition) is 1. The largest absolute Gasteiger partial charge is 0.354 e. The van der Waals surface area contributed by atoms with E-state index in [9.17, 15) is 14.9 Å². The molecule has 1 aromatic heterocycles. The second kappa shape index (κ2) is 6.17. The number of hydrogen-bond acceptors (Lipinski definition) is 5. The second-order valence-electron chi connectivity index (χ2n) is 7.98. The van der Waals surface area contributed by atoms with Crippen molar-refractivity contribution in [1.29, 1.82) is 5.26 Å². The Morgan fingerprint density at radius 1 is 1.15 bits per heavy atom. The normalized spacial score (nSPS) is 21.0. The first-order valence-electron chi connectivity index (χ1n) is 8.82. The van der Waals surface area contributed by atoms with E-state index < -0.39 is 11.8 Å². The smallest absolute Gasteiger partial charge is 0.148 e. The van der Waals surface area contributed by atoms with Gasteiger partial charge in [0.05, 0.1) is 11.6 Å². The van der Waals surface area contributed by atoms with E-state index in [0.717, 1.165) is 11.3 Å². The Bertz CT molecular complexity index is 1000. The summed E-state index contributed by atoms with van der Waals surface area (Å²) in [5.74, 6) is -1.35. The minimum absolute atomic E-state index is 0.0580. The Hall–Kier alpha value is -2.71. The second-order valence-corrected chi connectivity index (χ2v) is 8.34. The van der Waals surface area contributed by atoms with Crippen LogP contribution in [0.3, 0.4) is 0 Å². The zero-order chi connectivity index (χ0) is 19.3. The zero-order valence-corrected chi connectivity index (χ0v) is 15.8. The Kier molecular flexibility index (Phi) is 4.05. The monoisotopic (exact) mass is 379 g/mol. The van der Waals surface area contributed by atoms with Gasteiger partial charge in [-0.15, -0.1) is 0 Å². The quantitative estimate of drug-likeness (QED) is 0.587. The van der Waals surface area contributed by atoms with Gasteiger partial charge in [0.25, 0.3) is 0 Å². The van der Waals surface area contributed by atoms with E-state index in [2.05, 4.69) is 16.4 Å². The molecule has 1 atom stereocenters. The van der Waals surface area contributed by atoms with Crippen LogP contribution in [0.2, 0.25) is 5.15 Å². The number of para-hydroxylation sites is 1. The fourth-order valence-corrected chi connectivity index (χ4v) is 4.48. The highest BCUT2D eigenvalue weighted by Gasteiger charge is 2.46. The molecule has 2 aromatic rings. The lowest BCUT2D eigenvalue weighted by Gasteiger charge is -2.39. The highest BCUT2D eigenvalue weighted by Crippen LogP contribution is 2.50. The van der Waals surface area contributed by atoms with Crippen LogP contribution in [0, 0.1) is 22.7 Å². The maximum Gasteiger partial charge on any atom is 0.148 e. The molecule has 1 N–H and O–H groups in total. The number of pyridine rings is 1. The average molecular weight is 380 g/mol. The third kappa shape index (κ3) is 2.81. The maximum atomic E-state index is 13.0. The van der Waals surface area contributed by atoms with Crippen molar-refractivity contribution >= 4 is 34.5 Å². The summed E-state index contributed by atoms with van der Waals surface area (Å²) in [4.78, 5) is 30.2. The molecule has 0 spiro atoms. The molecule has 2 heterocycles. The topological polar surface area (TPSA) is 82.8 Å². The van der Waals surface area contributed by atoms with Crippen molar-refractivity contribution < 1.29 is 9.59 Å². The van der Waals surface area contributed by atoms with Crippen LogP contribution < -0.4 is 5.32 Å². The predicted molar refractivity (Wildman–Crippen MR) is 102 cm³/mol. The van der Waals surface area contributed by atoms with Crippen LogP contribution in [-0.2, 0) is 9.59 Å². The highest BCUT2D eigenvalue weighted by molar-refractivity contribution is 6.31. The Balaban J connectivity index is 1.93. The van der Waals surface area contributed by atoms with Gasteiger partial charge >= 0.3 is 0 Å². The van der Waals surface area contributed by atoms with E-state index >= 15 is 0 Å². The molecular formula is C21H18ClN3O2. The first-order chi connectivity index (χ1) is 12.8. The van der Waals surface area contributed by atoms with Crippen LogP contribution in [0.5, 0.6) is 0 Å². The van der Waals surface area contributed by atoms with Gasteiger partial charge in [-0.25, -0.2) is 4.98 Å². The van der Waals surface area contributed by atoms with Crippen molar-refractivity contribution in [2.24, 2.45) is 11.3 Å². The summed E-state index contributed by atoms with van der Waals surface area (Å²) >= 11 is 6.11. The summed E-state index contributed by atoms with van der Waals surface area (Å²) in [6.45, 7) is 3.89. The fourth-order valence-electron chi connectivity index (χ4n) is 4.30. The van der Waals surface area contributed by atoms with Gasteiger partial charge in [0.15, 0.2) is 0 Å². The fraction of sp³-hybridized carbons (Fsp3) is 0.333. The molecule has 136 valence electrons. The zero-order valence-electron chi connectivity index (χ0n) is 15.0. The Morgan fingerprint density at radius 2 is 1.81 bits per heavy atom. The van der Waals surface area contributed by atoms with E-state index in [1.54, 1.807) is 6.20 Å². The van der Waals surface area contributed by atoms with Gasteiger partial charge in [-0.2, -0.15) is 5.26 Å². The van der Waals surface area contributed by atoms with Gasteiger partial charge in [-0.1, -0.05) is 43.6 Å². The van der Waals surface area contributed by atoms with Crippen LogP contribution in [0.4, 0.5) is 11.4 Å². The summed E-state index contributed by atoms with van der Waals surface area (Å²) in [6, 6.07) is 9.63. The number of nitrogens with zero attached hydrogens (tertiary/aromatic N) is 2. The summed E-state index contributed by atoms with van der Waals surface area (Å²) in [7, 11) is 0. The molecule has 0 amide bonds. The molecule has 1 fully saturated rings. The number of carbonyl (C=O) groups is 2. The van der Waals surface area contributed by atoms with Gasteiger partial charge in [0.2, 0.25) is 0 Å². The van der Waals surface area contributed by atoms with E-state index in [0.29, 0.717) is 24.1 Å². The molecule has 1 saturated carbocycles. The lowest BCUT2D eigenvalue weighted by atomic mass is 9.64. The van der Waals surface area contributed by atoms with Crippen LogP contribution in [0.1, 0.15) is 49.3 Å². The average Bonchev–Trinajstić information content (AvgIpc) is 2.59. The van der Waals surface area contributed by atoms with E-state index in [1.807, 2.05) is 38.1 Å². The molecule has 2 aliphatic rings. The molecular weight excluding hydrogens is 362 g/mol. The molecule has 1 aromatic carbocycles. The first kappa shape index (κ1) is 17.7. The van der Waals surface area contributed by atoms with Crippen molar-refractivity contribution in [2.75, 3.05) is 5.32 Å². The van der Waals surface area contributed by atoms with Crippen molar-refractivity contribution in [2.45, 2.75) is 32.6 Å². The molecule has 1 aliphatic heterocycles. The van der Waals surface area contributed by atoms with Gasteiger partial charge in [-0.05, 0) is 17.0 Å². The van der Waals surface area contributed by atoms with E-state index in [1.165, 1.54) is 0 Å². The molecule has 1 aliphatic carbocycles. The SMILES string of the molecule is CC1(C)CC(=O)C(C2c3ccccc3Nc3c2cnc(Cl)c3C#N)C(=O)C1. The van der Waals surface area contributed by atoms with Crippen molar-refractivity contribution in [3.05, 3.63) is 52.3 Å². The molecule has 5 nitrogen and oxygen atoms in total. The number of Topliss-reactive ketones (excluding diaryl/α,β-unsaturated/α-hetero) is 2. The molecule has 6 heteroatoms. The summed E-state index contributed by atoms with van der Waals surface area (Å²) in [5, 5.41) is 12.9. The number of rotatable bonds is 1. The van der Waals surface area contributed by atoms with E-state index in [-0.39, 0.29) is 27.7 Å². The number of nitriles is 1. The van der Waals surface area contributed by atoms with Crippen molar-refractivity contribution in [1.82, 2.24) is 4.98 Å². The molecule has 1 unspecified atom stereocenters. The number of fused-ring (bicyclic) bond motifs is 2. The van der Waals surface area contributed by atoms with Crippen LogP contribution in [-0.4, -0.2) is 16.6 Å². The minimum atomic E-state index is -0.769. The van der Waals surface area contributed by atoms with Gasteiger partial charge in [0, 0.05) is 36.2 Å². The molecule has 27 heavy (non-hydrogen) atoms. The predicted octanol–water partition coefficient (Wildman–Crippen LogP) is 4.37. The lowest BCUT2D eigenvalue weighted by molar-refractivity contribution is -0.140. The number of anilines is 2. The minimum Gasteiger partial charge on any atom is -0.354 e. The summed E-state index contributed by atoms with van der Waals surface area (Å²) < 4.78 is 0. The third-order valence-electron chi connectivity index (χ3n) is 5.40. The van der Waals surface area contributed by atoms with Gasteiger partial charge in [0.1, 0.15) is 28.4 Å². The molecule has 0 radical (unpaired) electrons. The lowest BCUT2D eigenvalue weighted by Crippen LogP contribution is -2.41. The summed E-state index contributed by atoms with van der Waals surface area (Å²) in [6.07, 6.45) is 2.29. The van der Waals surface area contributed by atoms with Crippen LogP contribution in [0.15, 0.2) is 30.5 Å². The number of aromatic nitrogens is 1. The van der Waals surface area contributed by atoms with Crippen LogP contribution in [0.25, 0.3) is 0 Å². The number of benzene rings is 1. The number of halogens is 1.